The Labute approximate surface area is 125 Å². The molecule has 0 radical (unpaired) electrons. The van der Waals surface area contributed by atoms with Crippen molar-refractivity contribution in [3.63, 3.8) is 0 Å². The van der Waals surface area contributed by atoms with E-state index in [4.69, 9.17) is 34.3 Å². The van der Waals surface area contributed by atoms with Gasteiger partial charge in [-0.25, -0.2) is 4.90 Å². The molecule has 2 heterocycles. The number of thiocarbonyl (C=S) groups is 1. The van der Waals surface area contributed by atoms with Crippen molar-refractivity contribution in [3.05, 3.63) is 28.8 Å². The number of nitrogens with two attached hydrogens (primary N) is 1. The van der Waals surface area contributed by atoms with Gasteiger partial charge in [0.2, 0.25) is 0 Å². The monoisotopic (exact) mass is 310 g/mol. The number of carbonyl (C=O) groups is 2. The minimum absolute atomic E-state index is 0.180. The van der Waals surface area contributed by atoms with Gasteiger partial charge in [-0.1, -0.05) is 29.9 Å². The summed E-state index contributed by atoms with van der Waals surface area (Å²) >= 11 is 11.0. The van der Waals surface area contributed by atoms with Gasteiger partial charge in [0.15, 0.2) is 0 Å². The SMILES string of the molecule is NC(=S)c1ccc(Cl)c(N2C(=O)C3CCC(O3)C2=O)c1. The minimum Gasteiger partial charge on any atom is -0.389 e. The lowest BCUT2D eigenvalue weighted by Gasteiger charge is -2.30. The number of halogens is 1. The third-order valence-corrected chi connectivity index (χ3v) is 4.04. The highest BCUT2D eigenvalue weighted by Gasteiger charge is 2.47. The van der Waals surface area contributed by atoms with Crippen LogP contribution in [0.15, 0.2) is 18.2 Å². The number of hydrogen-bond acceptors (Lipinski definition) is 4. The van der Waals surface area contributed by atoms with E-state index in [0.29, 0.717) is 29.1 Å². The van der Waals surface area contributed by atoms with Crippen LogP contribution in [0.2, 0.25) is 5.02 Å². The smallest absolute Gasteiger partial charge is 0.263 e. The molecule has 2 saturated heterocycles. The maximum atomic E-state index is 12.3. The van der Waals surface area contributed by atoms with Crippen molar-refractivity contribution in [1.82, 2.24) is 0 Å². The molecule has 2 aliphatic rings. The van der Waals surface area contributed by atoms with Crippen LogP contribution < -0.4 is 10.6 Å². The number of anilines is 1. The quantitative estimate of drug-likeness (QED) is 0.660. The van der Waals surface area contributed by atoms with Crippen molar-refractivity contribution in [1.29, 1.82) is 0 Å². The normalized spacial score (nSPS) is 25.1. The second-order valence-electron chi connectivity index (χ2n) is 4.73. The largest absolute Gasteiger partial charge is 0.389 e. The van der Waals surface area contributed by atoms with Crippen LogP contribution in [0.1, 0.15) is 18.4 Å². The molecule has 0 aromatic heterocycles. The Morgan fingerprint density at radius 3 is 2.45 bits per heavy atom. The summed E-state index contributed by atoms with van der Waals surface area (Å²) in [4.78, 5) is 25.8. The van der Waals surface area contributed by atoms with Crippen molar-refractivity contribution in [3.8, 4) is 0 Å². The third kappa shape index (κ3) is 2.00. The Hall–Kier alpha value is -1.50. The fraction of sp³-hybridized carbons (Fsp3) is 0.308. The first-order valence-corrected chi connectivity index (χ1v) is 6.90. The average Bonchev–Trinajstić information content (AvgIpc) is 2.85. The molecular formula is C13H11ClN2O3S. The lowest BCUT2D eigenvalue weighted by molar-refractivity contribution is -0.146. The van der Waals surface area contributed by atoms with E-state index in [0.717, 1.165) is 4.90 Å². The van der Waals surface area contributed by atoms with Gasteiger partial charge in [0, 0.05) is 5.56 Å². The molecule has 5 nitrogen and oxygen atoms in total. The predicted octanol–water partition coefficient (Wildman–Crippen LogP) is 1.40. The van der Waals surface area contributed by atoms with E-state index < -0.39 is 12.2 Å². The molecule has 2 N–H and O–H groups in total. The molecule has 1 aromatic carbocycles. The van der Waals surface area contributed by atoms with E-state index in [1.54, 1.807) is 18.2 Å². The van der Waals surface area contributed by atoms with Crippen LogP contribution in [0, 0.1) is 0 Å². The molecule has 2 amide bonds. The molecule has 104 valence electrons. The molecule has 0 aliphatic carbocycles. The first-order chi connectivity index (χ1) is 9.49. The number of fused-ring (bicyclic) bond motifs is 2. The van der Waals surface area contributed by atoms with Crippen molar-refractivity contribution >= 4 is 46.3 Å². The fourth-order valence-electron chi connectivity index (χ4n) is 2.47. The standard InChI is InChI=1S/C13H11ClN2O3S/c14-7-2-1-6(11(15)20)5-8(7)16-12(17)9-3-4-10(19-9)13(16)18/h1-2,5,9-10H,3-4H2,(H2,15,20). The van der Waals surface area contributed by atoms with Crippen LogP contribution in [0.5, 0.6) is 0 Å². The topological polar surface area (TPSA) is 72.6 Å². The molecule has 0 spiro atoms. The molecule has 2 aliphatic heterocycles. The van der Waals surface area contributed by atoms with E-state index >= 15 is 0 Å². The summed E-state index contributed by atoms with van der Waals surface area (Å²) < 4.78 is 5.36. The molecule has 2 atom stereocenters. The van der Waals surface area contributed by atoms with E-state index in [9.17, 15) is 9.59 Å². The van der Waals surface area contributed by atoms with Gasteiger partial charge in [0.1, 0.15) is 17.2 Å². The number of morpholine rings is 1. The summed E-state index contributed by atoms with van der Waals surface area (Å²) in [6.07, 6.45) is -0.0269. The van der Waals surface area contributed by atoms with Gasteiger partial charge in [-0.3, -0.25) is 9.59 Å². The van der Waals surface area contributed by atoms with Gasteiger partial charge in [-0.05, 0) is 25.0 Å². The number of carbonyl (C=O) groups excluding carboxylic acids is 2. The van der Waals surface area contributed by atoms with Gasteiger partial charge in [-0.2, -0.15) is 0 Å². The van der Waals surface area contributed by atoms with Gasteiger partial charge >= 0.3 is 0 Å². The van der Waals surface area contributed by atoms with Gasteiger partial charge in [0.05, 0.1) is 10.7 Å². The third-order valence-electron chi connectivity index (χ3n) is 3.48. The van der Waals surface area contributed by atoms with Crippen LogP contribution in [0.3, 0.4) is 0 Å². The molecule has 2 fully saturated rings. The van der Waals surface area contributed by atoms with Gasteiger partial charge < -0.3 is 10.5 Å². The molecule has 1 aromatic rings. The fourth-order valence-corrected chi connectivity index (χ4v) is 2.80. The summed E-state index contributed by atoms with van der Waals surface area (Å²) in [7, 11) is 0. The summed E-state index contributed by atoms with van der Waals surface area (Å²) in [6.45, 7) is 0. The highest BCUT2D eigenvalue weighted by atomic mass is 35.5. The highest BCUT2D eigenvalue weighted by molar-refractivity contribution is 7.80. The summed E-state index contributed by atoms with van der Waals surface area (Å²) in [5.41, 5.74) is 6.44. The number of nitrogens with zero attached hydrogens (tertiary/aromatic N) is 1. The van der Waals surface area contributed by atoms with Crippen LogP contribution >= 0.6 is 23.8 Å². The first-order valence-electron chi connectivity index (χ1n) is 6.11. The molecule has 3 rings (SSSR count). The Morgan fingerprint density at radius 2 is 1.90 bits per heavy atom. The number of benzene rings is 1. The molecule has 2 bridgehead atoms. The second kappa shape index (κ2) is 4.80. The Kier molecular flexibility index (Phi) is 3.24. The van der Waals surface area contributed by atoms with Gasteiger partial charge in [0.25, 0.3) is 11.8 Å². The van der Waals surface area contributed by atoms with E-state index in [-0.39, 0.29) is 16.8 Å². The zero-order valence-electron chi connectivity index (χ0n) is 10.3. The molecule has 2 unspecified atom stereocenters. The number of hydrogen-bond donors (Lipinski definition) is 1. The number of amides is 2. The van der Waals surface area contributed by atoms with E-state index in [1.165, 1.54) is 0 Å². The van der Waals surface area contributed by atoms with Crippen molar-refractivity contribution < 1.29 is 14.3 Å². The van der Waals surface area contributed by atoms with Crippen molar-refractivity contribution in [2.45, 2.75) is 25.0 Å². The maximum Gasteiger partial charge on any atom is 0.263 e. The zero-order valence-corrected chi connectivity index (χ0v) is 11.9. The summed E-state index contributed by atoms with van der Waals surface area (Å²) in [5.74, 6) is -0.767. The molecular weight excluding hydrogens is 300 g/mol. The molecule has 7 heteroatoms. The van der Waals surface area contributed by atoms with Crippen LogP contribution in [-0.2, 0) is 14.3 Å². The van der Waals surface area contributed by atoms with E-state index in [1.807, 2.05) is 0 Å². The summed E-state index contributed by atoms with van der Waals surface area (Å²) in [6, 6.07) is 4.78. The average molecular weight is 311 g/mol. The first kappa shape index (κ1) is 13.5. The molecule has 0 saturated carbocycles. The molecule has 20 heavy (non-hydrogen) atoms. The van der Waals surface area contributed by atoms with E-state index in [2.05, 4.69) is 0 Å². The minimum atomic E-state index is -0.567. The van der Waals surface area contributed by atoms with Crippen LogP contribution in [-0.4, -0.2) is 29.0 Å². The predicted molar refractivity (Wildman–Crippen MR) is 77.7 cm³/mol. The van der Waals surface area contributed by atoms with Gasteiger partial charge in [-0.15, -0.1) is 0 Å². The Morgan fingerprint density at radius 1 is 1.30 bits per heavy atom. The number of imide groups is 1. The highest BCUT2D eigenvalue weighted by Crippen LogP contribution is 2.35. The Balaban J connectivity index is 2.07. The summed E-state index contributed by atoms with van der Waals surface area (Å²) in [5, 5.41) is 0.299. The Bertz CT molecular complexity index is 612. The second-order valence-corrected chi connectivity index (χ2v) is 5.58. The lowest BCUT2D eigenvalue weighted by Crippen LogP contribution is -2.52. The zero-order chi connectivity index (χ0) is 14.4. The van der Waals surface area contributed by atoms with Crippen molar-refractivity contribution in [2.75, 3.05) is 4.90 Å². The number of ether oxygens (including phenoxy) is 1. The lowest BCUT2D eigenvalue weighted by atomic mass is 10.1. The van der Waals surface area contributed by atoms with Crippen LogP contribution in [0.25, 0.3) is 0 Å². The number of rotatable bonds is 2. The maximum absolute atomic E-state index is 12.3. The van der Waals surface area contributed by atoms with Crippen molar-refractivity contribution in [2.24, 2.45) is 5.73 Å². The van der Waals surface area contributed by atoms with Crippen LogP contribution in [0.4, 0.5) is 5.69 Å².